The summed E-state index contributed by atoms with van der Waals surface area (Å²) in [4.78, 5) is 14.7. The summed E-state index contributed by atoms with van der Waals surface area (Å²) in [7, 11) is -3.79. The van der Waals surface area contributed by atoms with Crippen molar-refractivity contribution in [3.8, 4) is 0 Å². The molecule has 21 heavy (non-hydrogen) atoms. The number of nitrogens with zero attached hydrogens (tertiary/aromatic N) is 2. The third-order valence-electron chi connectivity index (χ3n) is 2.97. The van der Waals surface area contributed by atoms with Crippen molar-refractivity contribution >= 4 is 21.7 Å². The summed E-state index contributed by atoms with van der Waals surface area (Å²) >= 11 is 0. The SMILES string of the molecule is CCn1cnc(S(=O)(=O)Nc2ccc(C(=O)O)cc2C)c1. The van der Waals surface area contributed by atoms with Crippen LogP contribution in [-0.4, -0.2) is 29.0 Å². The zero-order chi connectivity index (χ0) is 15.6. The van der Waals surface area contributed by atoms with Gasteiger partial charge in [0, 0.05) is 12.7 Å². The molecule has 7 nitrogen and oxygen atoms in total. The first-order chi connectivity index (χ1) is 9.83. The Morgan fingerprint density at radius 2 is 2.14 bits per heavy atom. The van der Waals surface area contributed by atoms with Gasteiger partial charge in [0.2, 0.25) is 0 Å². The fourth-order valence-electron chi connectivity index (χ4n) is 1.76. The minimum absolute atomic E-state index is 0.0777. The number of nitrogens with one attached hydrogen (secondary N) is 1. The molecule has 0 atom stereocenters. The van der Waals surface area contributed by atoms with E-state index in [1.165, 1.54) is 30.7 Å². The summed E-state index contributed by atoms with van der Waals surface area (Å²) in [5.74, 6) is -1.06. The van der Waals surface area contributed by atoms with E-state index in [0.29, 0.717) is 17.8 Å². The number of rotatable bonds is 5. The average molecular weight is 309 g/mol. The predicted octanol–water partition coefficient (Wildman–Crippen LogP) is 1.71. The van der Waals surface area contributed by atoms with Gasteiger partial charge in [-0.15, -0.1) is 0 Å². The van der Waals surface area contributed by atoms with Gasteiger partial charge in [0.1, 0.15) is 0 Å². The Kier molecular flexibility index (Phi) is 3.99. The normalized spacial score (nSPS) is 11.3. The summed E-state index contributed by atoms with van der Waals surface area (Å²) < 4.78 is 28.5. The number of carboxylic acid groups (broad SMARTS) is 1. The van der Waals surface area contributed by atoms with Crippen LogP contribution < -0.4 is 4.72 Å². The highest BCUT2D eigenvalue weighted by Crippen LogP contribution is 2.20. The lowest BCUT2D eigenvalue weighted by Crippen LogP contribution is -2.14. The number of aromatic nitrogens is 2. The van der Waals surface area contributed by atoms with Crippen molar-refractivity contribution in [1.82, 2.24) is 9.55 Å². The van der Waals surface area contributed by atoms with Crippen LogP contribution in [0.25, 0.3) is 0 Å². The molecular formula is C13H15N3O4S. The van der Waals surface area contributed by atoms with Crippen LogP contribution in [0.1, 0.15) is 22.8 Å². The molecule has 2 N–H and O–H groups in total. The first-order valence-corrected chi connectivity index (χ1v) is 7.70. The van der Waals surface area contributed by atoms with Crippen molar-refractivity contribution in [3.63, 3.8) is 0 Å². The Bertz CT molecular complexity index is 780. The van der Waals surface area contributed by atoms with Crippen molar-refractivity contribution in [3.05, 3.63) is 41.9 Å². The van der Waals surface area contributed by atoms with Gasteiger partial charge in [0.25, 0.3) is 10.0 Å². The Labute approximate surface area is 122 Å². The van der Waals surface area contributed by atoms with Crippen molar-refractivity contribution in [2.24, 2.45) is 0 Å². The molecule has 0 amide bonds. The third kappa shape index (κ3) is 3.22. The van der Waals surface area contributed by atoms with Crippen LogP contribution in [0.15, 0.2) is 35.7 Å². The maximum atomic E-state index is 12.2. The van der Waals surface area contributed by atoms with Crippen molar-refractivity contribution < 1.29 is 18.3 Å². The summed E-state index contributed by atoms with van der Waals surface area (Å²) in [6.07, 6.45) is 2.87. The van der Waals surface area contributed by atoms with E-state index >= 15 is 0 Å². The summed E-state index contributed by atoms with van der Waals surface area (Å²) in [6.45, 7) is 4.13. The van der Waals surface area contributed by atoms with Crippen LogP contribution >= 0.6 is 0 Å². The standard InChI is InChI=1S/C13H15N3O4S/c1-3-16-7-12(14-8-16)21(19,20)15-11-5-4-10(13(17)18)6-9(11)2/h4-8,15H,3H2,1-2H3,(H,17,18). The monoisotopic (exact) mass is 309 g/mol. The molecule has 1 aromatic carbocycles. The highest BCUT2D eigenvalue weighted by Gasteiger charge is 2.18. The second kappa shape index (κ2) is 5.57. The number of hydrogen-bond donors (Lipinski definition) is 2. The molecule has 0 fully saturated rings. The highest BCUT2D eigenvalue weighted by molar-refractivity contribution is 7.92. The molecule has 1 aromatic heterocycles. The molecule has 0 radical (unpaired) electrons. The maximum Gasteiger partial charge on any atom is 0.335 e. The number of imidazole rings is 1. The van der Waals surface area contributed by atoms with Gasteiger partial charge in [-0.2, -0.15) is 8.42 Å². The Hall–Kier alpha value is -2.35. The highest BCUT2D eigenvalue weighted by atomic mass is 32.2. The van der Waals surface area contributed by atoms with Gasteiger partial charge in [-0.1, -0.05) is 0 Å². The predicted molar refractivity (Wildman–Crippen MR) is 76.8 cm³/mol. The maximum absolute atomic E-state index is 12.2. The number of aryl methyl sites for hydroxylation is 2. The number of aromatic carboxylic acids is 1. The first-order valence-electron chi connectivity index (χ1n) is 6.22. The zero-order valence-corrected chi connectivity index (χ0v) is 12.4. The molecule has 2 rings (SSSR count). The van der Waals surface area contributed by atoms with Gasteiger partial charge in [0.15, 0.2) is 5.03 Å². The van der Waals surface area contributed by atoms with Gasteiger partial charge in [-0.05, 0) is 37.6 Å². The molecule has 0 saturated heterocycles. The summed E-state index contributed by atoms with van der Waals surface area (Å²) in [5, 5.41) is 8.81. The number of carbonyl (C=O) groups is 1. The van der Waals surface area contributed by atoms with Crippen LogP contribution in [-0.2, 0) is 16.6 Å². The van der Waals surface area contributed by atoms with Gasteiger partial charge in [0.05, 0.1) is 17.6 Å². The van der Waals surface area contributed by atoms with E-state index in [-0.39, 0.29) is 10.6 Å². The minimum Gasteiger partial charge on any atom is -0.478 e. The lowest BCUT2D eigenvalue weighted by molar-refractivity contribution is 0.0697. The number of anilines is 1. The molecular weight excluding hydrogens is 294 g/mol. The van der Waals surface area contributed by atoms with E-state index in [1.54, 1.807) is 11.5 Å². The lowest BCUT2D eigenvalue weighted by Gasteiger charge is -2.09. The topological polar surface area (TPSA) is 101 Å². The van der Waals surface area contributed by atoms with E-state index in [0.717, 1.165) is 0 Å². The van der Waals surface area contributed by atoms with Crippen LogP contribution in [0.3, 0.4) is 0 Å². The molecule has 8 heteroatoms. The number of benzene rings is 1. The van der Waals surface area contributed by atoms with Gasteiger partial charge in [-0.3, -0.25) is 4.72 Å². The van der Waals surface area contributed by atoms with E-state index in [4.69, 9.17) is 5.11 Å². The van der Waals surface area contributed by atoms with Crippen LogP contribution in [0.2, 0.25) is 0 Å². The number of sulfonamides is 1. The van der Waals surface area contributed by atoms with Gasteiger partial charge in [-0.25, -0.2) is 9.78 Å². The molecule has 0 aliphatic heterocycles. The number of carboxylic acids is 1. The van der Waals surface area contributed by atoms with E-state index in [2.05, 4.69) is 9.71 Å². The first kappa shape index (κ1) is 15.0. The molecule has 0 unspecified atom stereocenters. The van der Waals surface area contributed by atoms with Gasteiger partial charge >= 0.3 is 5.97 Å². The lowest BCUT2D eigenvalue weighted by atomic mass is 10.1. The molecule has 0 saturated carbocycles. The second-order valence-corrected chi connectivity index (χ2v) is 6.11. The molecule has 0 bridgehead atoms. The minimum atomic E-state index is -3.79. The van der Waals surface area contributed by atoms with Crippen LogP contribution in [0.4, 0.5) is 5.69 Å². The van der Waals surface area contributed by atoms with E-state index in [9.17, 15) is 13.2 Å². The number of hydrogen-bond acceptors (Lipinski definition) is 4. The molecule has 112 valence electrons. The smallest absolute Gasteiger partial charge is 0.335 e. The zero-order valence-electron chi connectivity index (χ0n) is 11.6. The molecule has 0 aliphatic rings. The quantitative estimate of drug-likeness (QED) is 0.875. The fraction of sp³-hybridized carbons (Fsp3) is 0.231. The Morgan fingerprint density at radius 1 is 1.43 bits per heavy atom. The Morgan fingerprint density at radius 3 is 2.67 bits per heavy atom. The fourth-order valence-corrected chi connectivity index (χ4v) is 2.84. The molecule has 2 aromatic rings. The van der Waals surface area contributed by atoms with E-state index in [1.807, 2.05) is 6.92 Å². The molecule has 0 spiro atoms. The van der Waals surface area contributed by atoms with Crippen LogP contribution in [0.5, 0.6) is 0 Å². The summed E-state index contributed by atoms with van der Waals surface area (Å²) in [6, 6.07) is 4.18. The van der Waals surface area contributed by atoms with Crippen molar-refractivity contribution in [1.29, 1.82) is 0 Å². The van der Waals surface area contributed by atoms with E-state index < -0.39 is 16.0 Å². The van der Waals surface area contributed by atoms with Crippen LogP contribution in [0, 0.1) is 6.92 Å². The average Bonchev–Trinajstić information content (AvgIpc) is 2.90. The second-order valence-electron chi connectivity index (χ2n) is 4.48. The van der Waals surface area contributed by atoms with Crippen molar-refractivity contribution in [2.75, 3.05) is 4.72 Å². The van der Waals surface area contributed by atoms with Gasteiger partial charge < -0.3 is 9.67 Å². The Balaban J connectivity index is 2.30. The molecule has 0 aliphatic carbocycles. The molecule has 1 heterocycles. The third-order valence-corrected chi connectivity index (χ3v) is 4.22. The largest absolute Gasteiger partial charge is 0.478 e. The summed E-state index contributed by atoms with van der Waals surface area (Å²) in [5.41, 5.74) is 0.949. The van der Waals surface area contributed by atoms with Crippen molar-refractivity contribution in [2.45, 2.75) is 25.4 Å².